The van der Waals surface area contributed by atoms with E-state index in [4.69, 9.17) is 16.6 Å². The summed E-state index contributed by atoms with van der Waals surface area (Å²) in [5, 5.41) is 18.5. The summed E-state index contributed by atoms with van der Waals surface area (Å²) in [6.07, 6.45) is 1.74. The Balaban J connectivity index is 1.94. The number of hydrogen-bond acceptors (Lipinski definition) is 6. The van der Waals surface area contributed by atoms with Gasteiger partial charge in [-0.25, -0.2) is 4.79 Å². The van der Waals surface area contributed by atoms with Crippen molar-refractivity contribution in [1.29, 1.82) is 0 Å². The van der Waals surface area contributed by atoms with Crippen molar-refractivity contribution in [2.45, 2.75) is 24.4 Å². The summed E-state index contributed by atoms with van der Waals surface area (Å²) < 4.78 is 3.44. The van der Waals surface area contributed by atoms with Crippen LogP contribution >= 0.6 is 11.8 Å². The molecule has 0 bridgehead atoms. The molecule has 0 radical (unpaired) electrons. The lowest BCUT2D eigenvalue weighted by molar-refractivity contribution is -0.767. The van der Waals surface area contributed by atoms with Crippen molar-refractivity contribution < 1.29 is 24.5 Å². The zero-order valence-electron chi connectivity index (χ0n) is 12.4. The van der Waals surface area contributed by atoms with Gasteiger partial charge in [0, 0.05) is 16.6 Å². The summed E-state index contributed by atoms with van der Waals surface area (Å²) in [5.74, 6) is -0.882. The van der Waals surface area contributed by atoms with Gasteiger partial charge in [0.2, 0.25) is 0 Å². The van der Waals surface area contributed by atoms with Gasteiger partial charge in [0.1, 0.15) is 6.54 Å². The van der Waals surface area contributed by atoms with Crippen LogP contribution in [0.5, 0.6) is 0 Å². The van der Waals surface area contributed by atoms with Gasteiger partial charge in [-0.3, -0.25) is 4.79 Å². The Labute approximate surface area is 136 Å². The summed E-state index contributed by atoms with van der Waals surface area (Å²) in [7, 11) is 0. The first-order valence-electron chi connectivity index (χ1n) is 7.27. The summed E-state index contributed by atoms with van der Waals surface area (Å²) in [4.78, 5) is 23.7. The fourth-order valence-corrected chi connectivity index (χ4v) is 4.64. The molecule has 23 heavy (non-hydrogen) atoms. The maximum atomic E-state index is 12.0. The van der Waals surface area contributed by atoms with E-state index < -0.39 is 17.9 Å². The Hall–Kier alpha value is -1.84. The second kappa shape index (κ2) is 5.99. The van der Waals surface area contributed by atoms with E-state index in [2.05, 4.69) is 0 Å². The summed E-state index contributed by atoms with van der Waals surface area (Å²) in [6, 6.07) is 1.13. The number of hydrogen-bond donors (Lipinski definition) is 4. The lowest BCUT2D eigenvalue weighted by Gasteiger charge is -2.43. The van der Waals surface area contributed by atoms with Gasteiger partial charge in [0.05, 0.1) is 30.2 Å². The van der Waals surface area contributed by atoms with Crippen LogP contribution in [0.25, 0.3) is 0 Å². The highest BCUT2D eigenvalue weighted by atomic mass is 32.2. The minimum atomic E-state index is -1.07. The normalized spacial score (nSPS) is 26.9. The van der Waals surface area contributed by atoms with Crippen molar-refractivity contribution in [2.75, 3.05) is 18.1 Å². The third-order valence-electron chi connectivity index (χ3n) is 4.38. The molecule has 9 heteroatoms. The predicted octanol–water partition coefficient (Wildman–Crippen LogP) is -1.63. The van der Waals surface area contributed by atoms with Crippen molar-refractivity contribution in [3.05, 3.63) is 23.4 Å². The van der Waals surface area contributed by atoms with Crippen molar-refractivity contribution in [3.8, 4) is 0 Å². The van der Waals surface area contributed by atoms with E-state index in [0.717, 1.165) is 0 Å². The van der Waals surface area contributed by atoms with Crippen LogP contribution in [-0.2, 0) is 22.7 Å². The molecule has 1 saturated carbocycles. The average molecular weight is 339 g/mol. The number of anilines is 1. The van der Waals surface area contributed by atoms with Gasteiger partial charge in [-0.1, -0.05) is 0 Å². The fourth-order valence-electron chi connectivity index (χ4n) is 3.20. The molecule has 0 amide bonds. The van der Waals surface area contributed by atoms with Gasteiger partial charge in [-0.2, -0.15) is 11.8 Å². The third kappa shape index (κ3) is 2.54. The van der Waals surface area contributed by atoms with E-state index >= 15 is 0 Å². The maximum absolute atomic E-state index is 12.0. The van der Waals surface area contributed by atoms with E-state index in [1.807, 2.05) is 0 Å². The van der Waals surface area contributed by atoms with Gasteiger partial charge in [-0.05, 0) is 0 Å². The van der Waals surface area contributed by atoms with Crippen molar-refractivity contribution >= 4 is 29.3 Å². The Kier molecular flexibility index (Phi) is 4.17. The first-order chi connectivity index (χ1) is 11.0. The number of carboxylic acid groups (broad SMARTS) is 1. The molecule has 0 saturated heterocycles. The highest BCUT2D eigenvalue weighted by molar-refractivity contribution is 8.00. The average Bonchev–Trinajstić information content (AvgIpc) is 2.87. The second-order valence-corrected chi connectivity index (χ2v) is 6.86. The summed E-state index contributed by atoms with van der Waals surface area (Å²) in [6.45, 7) is 0.561. The molecule has 2 heterocycles. The molecule has 3 atom stereocenters. The molecule has 124 valence electrons. The molecule has 1 aromatic rings. The van der Waals surface area contributed by atoms with E-state index in [-0.39, 0.29) is 23.2 Å². The molecular weight excluding hydrogens is 320 g/mol. The molecule has 0 spiro atoms. The number of aliphatic hydroxyl groups is 1. The number of fused-ring (bicyclic) bond motifs is 1. The standard InChI is InChI=1S/C14H18N4O4S/c15-8-1-2-17(18(8)3-4-19)5-7-6-23-13-10(9(7)14(21)22)12(20)11(13)16/h1-2,10-11,13,15,19H,3-6,16H2,(H,21,22)/p+1. The van der Waals surface area contributed by atoms with Crippen LogP contribution in [0.3, 0.4) is 0 Å². The van der Waals surface area contributed by atoms with Gasteiger partial charge < -0.3 is 21.7 Å². The van der Waals surface area contributed by atoms with Crippen LogP contribution in [0, 0.1) is 5.92 Å². The van der Waals surface area contributed by atoms with Crippen LogP contribution in [0.1, 0.15) is 0 Å². The number of ketones is 1. The fraction of sp³-hybridized carbons (Fsp3) is 0.500. The molecule has 2 aliphatic rings. The highest BCUT2D eigenvalue weighted by Crippen LogP contribution is 2.44. The minimum Gasteiger partial charge on any atom is -0.478 e. The number of aliphatic hydroxyl groups excluding tert-OH is 1. The van der Waals surface area contributed by atoms with Gasteiger partial charge in [0.15, 0.2) is 24.3 Å². The van der Waals surface area contributed by atoms with Gasteiger partial charge in [0.25, 0.3) is 0 Å². The topological polar surface area (TPSA) is 135 Å². The van der Waals surface area contributed by atoms with Crippen LogP contribution in [-0.4, -0.2) is 50.3 Å². The zero-order valence-corrected chi connectivity index (χ0v) is 13.2. The first-order valence-corrected chi connectivity index (χ1v) is 8.32. The molecule has 3 unspecified atom stereocenters. The quantitative estimate of drug-likeness (QED) is 0.473. The molecule has 1 fully saturated rings. The largest absolute Gasteiger partial charge is 0.478 e. The number of nitrogen functional groups attached to an aromatic ring is 1. The number of nitrogens with two attached hydrogens (primary N) is 2. The van der Waals surface area contributed by atoms with Crippen LogP contribution in [0.15, 0.2) is 23.4 Å². The number of rotatable bonds is 5. The van der Waals surface area contributed by atoms with Gasteiger partial charge >= 0.3 is 5.97 Å². The molecule has 1 aliphatic heterocycles. The third-order valence-corrected chi connectivity index (χ3v) is 5.85. The van der Waals surface area contributed by atoms with E-state index in [0.29, 0.717) is 30.2 Å². The minimum absolute atomic E-state index is 0.0729. The van der Waals surface area contributed by atoms with E-state index in [1.165, 1.54) is 11.8 Å². The molecule has 1 aliphatic carbocycles. The lowest BCUT2D eigenvalue weighted by Crippen LogP contribution is -2.62. The van der Waals surface area contributed by atoms with Crippen molar-refractivity contribution in [1.82, 2.24) is 4.68 Å². The van der Waals surface area contributed by atoms with Gasteiger partial charge in [-0.15, -0.1) is 9.36 Å². The number of thioether (sulfide) groups is 1. The lowest BCUT2D eigenvalue weighted by atomic mass is 9.72. The smallest absolute Gasteiger partial charge is 0.332 e. The molecule has 0 aromatic carbocycles. The highest BCUT2D eigenvalue weighted by Gasteiger charge is 2.54. The van der Waals surface area contributed by atoms with Crippen LogP contribution in [0.4, 0.5) is 5.82 Å². The van der Waals surface area contributed by atoms with Crippen molar-refractivity contribution in [3.63, 3.8) is 0 Å². The number of carbonyl (C=O) groups is 2. The Morgan fingerprint density at radius 3 is 2.91 bits per heavy atom. The summed E-state index contributed by atoms with van der Waals surface area (Å²) >= 11 is 1.53. The molecular formula is C14H19N4O4S+. The maximum Gasteiger partial charge on any atom is 0.332 e. The number of carbonyl (C=O) groups excluding carboxylic acids is 1. The zero-order chi connectivity index (χ0) is 16.7. The Morgan fingerprint density at radius 2 is 2.26 bits per heavy atom. The monoisotopic (exact) mass is 339 g/mol. The number of aromatic nitrogens is 2. The molecule has 6 N–H and O–H groups in total. The SMILES string of the molecule is Nc1cc[n+](CC2=C(C(=O)O)C3C(=O)C(N)C3SC2)n1CCO. The number of carboxylic acids is 1. The Morgan fingerprint density at radius 1 is 1.52 bits per heavy atom. The first kappa shape index (κ1) is 16.0. The number of nitrogens with zero attached hydrogens (tertiary/aromatic N) is 2. The number of Topliss-reactive ketones (excluding diaryl/α,β-unsaturated/α-hetero) is 1. The van der Waals surface area contributed by atoms with Crippen LogP contribution < -0.4 is 16.1 Å². The van der Waals surface area contributed by atoms with Crippen LogP contribution in [0.2, 0.25) is 0 Å². The van der Waals surface area contributed by atoms with Crippen molar-refractivity contribution in [2.24, 2.45) is 11.7 Å². The molecule has 8 nitrogen and oxygen atoms in total. The Bertz CT molecular complexity index is 699. The molecule has 3 rings (SSSR count). The second-order valence-electron chi connectivity index (χ2n) is 5.69. The van der Waals surface area contributed by atoms with E-state index in [9.17, 15) is 14.7 Å². The number of aliphatic carboxylic acids is 1. The van der Waals surface area contributed by atoms with E-state index in [1.54, 1.807) is 21.6 Å². The summed E-state index contributed by atoms with van der Waals surface area (Å²) in [5.41, 5.74) is 12.5. The predicted molar refractivity (Wildman–Crippen MR) is 83.5 cm³/mol. The molecule has 1 aromatic heterocycles.